The second-order valence-electron chi connectivity index (χ2n) is 4.63. The molecule has 1 rings (SSSR count). The van der Waals surface area contributed by atoms with Crippen molar-refractivity contribution in [2.24, 2.45) is 0 Å². The van der Waals surface area contributed by atoms with Crippen LogP contribution in [0.3, 0.4) is 0 Å². The number of hydrogen-bond donors (Lipinski definition) is 1. The van der Waals surface area contributed by atoms with Gasteiger partial charge in [-0.1, -0.05) is 19.1 Å². The lowest BCUT2D eigenvalue weighted by Crippen LogP contribution is -2.22. The first-order chi connectivity index (χ1) is 8.71. The molecule has 0 aliphatic rings. The average Bonchev–Trinajstić information content (AvgIpc) is 2.42. The van der Waals surface area contributed by atoms with E-state index >= 15 is 0 Å². The highest BCUT2D eigenvalue weighted by atomic mass is 32.1. The van der Waals surface area contributed by atoms with Crippen LogP contribution in [0.25, 0.3) is 0 Å². The van der Waals surface area contributed by atoms with Gasteiger partial charge in [0.15, 0.2) is 0 Å². The Morgan fingerprint density at radius 3 is 2.67 bits per heavy atom. The van der Waals surface area contributed by atoms with E-state index in [4.69, 9.17) is 4.74 Å². The van der Waals surface area contributed by atoms with Gasteiger partial charge in [0.05, 0.1) is 7.11 Å². The molecule has 0 aliphatic carbocycles. The zero-order valence-corrected chi connectivity index (χ0v) is 12.7. The zero-order valence-electron chi connectivity index (χ0n) is 11.8. The van der Waals surface area contributed by atoms with Gasteiger partial charge < -0.3 is 9.64 Å². The molecule has 0 unspecified atom stereocenters. The van der Waals surface area contributed by atoms with Crippen LogP contribution in [-0.2, 0) is 12.8 Å². The second kappa shape index (κ2) is 8.44. The number of benzene rings is 1. The minimum absolute atomic E-state index is 0.965. The van der Waals surface area contributed by atoms with Crippen LogP contribution in [0, 0.1) is 0 Å². The van der Waals surface area contributed by atoms with E-state index in [1.807, 2.05) is 0 Å². The van der Waals surface area contributed by atoms with E-state index in [-0.39, 0.29) is 0 Å². The van der Waals surface area contributed by atoms with Crippen LogP contribution in [0.4, 0.5) is 0 Å². The van der Waals surface area contributed by atoms with Crippen molar-refractivity contribution in [2.75, 3.05) is 33.0 Å². The summed E-state index contributed by atoms with van der Waals surface area (Å²) in [4.78, 5) is 2.37. The first kappa shape index (κ1) is 15.4. The summed E-state index contributed by atoms with van der Waals surface area (Å²) < 4.78 is 5.35. The van der Waals surface area contributed by atoms with Crippen LogP contribution in [0.1, 0.15) is 24.5 Å². The van der Waals surface area contributed by atoms with Crippen LogP contribution in [0.15, 0.2) is 18.2 Å². The third-order valence-corrected chi connectivity index (χ3v) is 3.52. The number of nitrogens with zero attached hydrogens (tertiary/aromatic N) is 1. The van der Waals surface area contributed by atoms with Gasteiger partial charge in [0.1, 0.15) is 5.75 Å². The van der Waals surface area contributed by atoms with E-state index in [0.717, 1.165) is 43.9 Å². The van der Waals surface area contributed by atoms with E-state index in [9.17, 15) is 0 Å². The van der Waals surface area contributed by atoms with Crippen LogP contribution in [0.5, 0.6) is 5.75 Å². The molecule has 18 heavy (non-hydrogen) atoms. The van der Waals surface area contributed by atoms with Crippen molar-refractivity contribution >= 4 is 12.6 Å². The molecule has 0 saturated carbocycles. The lowest BCUT2D eigenvalue weighted by atomic mass is 10.1. The predicted molar refractivity (Wildman–Crippen MR) is 82.0 cm³/mol. The first-order valence-corrected chi connectivity index (χ1v) is 7.29. The molecule has 3 heteroatoms. The second-order valence-corrected chi connectivity index (χ2v) is 5.08. The van der Waals surface area contributed by atoms with E-state index in [2.05, 4.69) is 49.7 Å². The summed E-state index contributed by atoms with van der Waals surface area (Å²) in [5.74, 6) is 1.97. The summed E-state index contributed by atoms with van der Waals surface area (Å²) in [6, 6.07) is 6.53. The van der Waals surface area contributed by atoms with Crippen molar-refractivity contribution in [1.29, 1.82) is 0 Å². The molecule has 0 amide bonds. The molecule has 0 bridgehead atoms. The van der Waals surface area contributed by atoms with E-state index in [1.54, 1.807) is 7.11 Å². The Morgan fingerprint density at radius 2 is 2.06 bits per heavy atom. The van der Waals surface area contributed by atoms with Gasteiger partial charge in [0.2, 0.25) is 0 Å². The number of ether oxygens (including phenoxy) is 1. The van der Waals surface area contributed by atoms with Crippen LogP contribution < -0.4 is 4.74 Å². The van der Waals surface area contributed by atoms with Crippen molar-refractivity contribution in [3.8, 4) is 5.75 Å². The van der Waals surface area contributed by atoms with Gasteiger partial charge in [0, 0.05) is 6.54 Å². The standard InChI is InChI=1S/C15H25NOS/c1-4-14-12-13(6-7-15(14)17-3)8-10-16(2)9-5-11-18/h6-7,12,18H,4-5,8-11H2,1-3H3. The normalized spacial score (nSPS) is 10.9. The summed E-state index contributed by atoms with van der Waals surface area (Å²) in [6.45, 7) is 4.39. The van der Waals surface area contributed by atoms with E-state index < -0.39 is 0 Å². The summed E-state index contributed by atoms with van der Waals surface area (Å²) >= 11 is 4.24. The topological polar surface area (TPSA) is 12.5 Å². The third kappa shape index (κ3) is 4.91. The van der Waals surface area contributed by atoms with Gasteiger partial charge in [-0.2, -0.15) is 12.6 Å². The number of aryl methyl sites for hydroxylation is 1. The van der Waals surface area contributed by atoms with Gasteiger partial charge in [-0.25, -0.2) is 0 Å². The van der Waals surface area contributed by atoms with Gasteiger partial charge in [-0.15, -0.1) is 0 Å². The van der Waals surface area contributed by atoms with Crippen LogP contribution >= 0.6 is 12.6 Å². The van der Waals surface area contributed by atoms with Crippen LogP contribution in [0.2, 0.25) is 0 Å². The molecule has 0 heterocycles. The fourth-order valence-corrected chi connectivity index (χ4v) is 2.18. The van der Waals surface area contributed by atoms with Crippen molar-refractivity contribution < 1.29 is 4.74 Å². The number of thiol groups is 1. The van der Waals surface area contributed by atoms with Gasteiger partial charge >= 0.3 is 0 Å². The molecule has 102 valence electrons. The summed E-state index contributed by atoms with van der Waals surface area (Å²) in [6.07, 6.45) is 3.27. The largest absolute Gasteiger partial charge is 0.496 e. The fourth-order valence-electron chi connectivity index (χ4n) is 2.04. The Labute approximate surface area is 117 Å². The number of likely N-dealkylation sites (N-methyl/N-ethyl adjacent to an activating group) is 1. The summed E-state index contributed by atoms with van der Waals surface area (Å²) in [7, 11) is 3.91. The SMILES string of the molecule is CCc1cc(CCN(C)CCCS)ccc1OC. The van der Waals surface area contributed by atoms with Gasteiger partial charge in [0.25, 0.3) is 0 Å². The van der Waals surface area contributed by atoms with Crippen molar-refractivity contribution in [3.63, 3.8) is 0 Å². The monoisotopic (exact) mass is 267 g/mol. The van der Waals surface area contributed by atoms with E-state index in [1.165, 1.54) is 11.1 Å². The predicted octanol–water partition coefficient (Wildman–Crippen LogP) is 3.05. The molecule has 2 nitrogen and oxygen atoms in total. The highest BCUT2D eigenvalue weighted by Gasteiger charge is 2.04. The molecule has 0 radical (unpaired) electrons. The van der Waals surface area contributed by atoms with Crippen molar-refractivity contribution in [1.82, 2.24) is 4.90 Å². The Balaban J connectivity index is 2.52. The molecule has 0 aliphatic heterocycles. The van der Waals surface area contributed by atoms with E-state index in [0.29, 0.717) is 0 Å². The Bertz CT molecular complexity index is 354. The number of methoxy groups -OCH3 is 1. The van der Waals surface area contributed by atoms with Gasteiger partial charge in [-0.05, 0) is 55.8 Å². The molecule has 0 saturated heterocycles. The Morgan fingerprint density at radius 1 is 1.28 bits per heavy atom. The highest BCUT2D eigenvalue weighted by molar-refractivity contribution is 7.80. The van der Waals surface area contributed by atoms with Crippen molar-refractivity contribution in [2.45, 2.75) is 26.2 Å². The van der Waals surface area contributed by atoms with Gasteiger partial charge in [-0.3, -0.25) is 0 Å². The average molecular weight is 267 g/mol. The molecule has 0 atom stereocenters. The summed E-state index contributed by atoms with van der Waals surface area (Å²) in [5.41, 5.74) is 2.69. The Kier molecular flexibility index (Phi) is 7.21. The molecule has 1 aromatic carbocycles. The number of hydrogen-bond acceptors (Lipinski definition) is 3. The minimum Gasteiger partial charge on any atom is -0.496 e. The maximum absolute atomic E-state index is 5.35. The summed E-state index contributed by atoms with van der Waals surface area (Å²) in [5, 5.41) is 0. The quantitative estimate of drug-likeness (QED) is 0.727. The molecule has 0 N–H and O–H groups in total. The smallest absolute Gasteiger partial charge is 0.122 e. The lowest BCUT2D eigenvalue weighted by molar-refractivity contribution is 0.340. The molecule has 0 spiro atoms. The molecular weight excluding hydrogens is 242 g/mol. The third-order valence-electron chi connectivity index (χ3n) is 3.21. The maximum atomic E-state index is 5.35. The molecule has 1 aromatic rings. The fraction of sp³-hybridized carbons (Fsp3) is 0.600. The van der Waals surface area contributed by atoms with Crippen molar-refractivity contribution in [3.05, 3.63) is 29.3 Å². The highest BCUT2D eigenvalue weighted by Crippen LogP contribution is 2.20. The Hall–Kier alpha value is -0.670. The lowest BCUT2D eigenvalue weighted by Gasteiger charge is -2.16. The zero-order chi connectivity index (χ0) is 13.4. The minimum atomic E-state index is 0.965. The number of rotatable bonds is 8. The molecular formula is C15H25NOS. The first-order valence-electron chi connectivity index (χ1n) is 6.66. The molecule has 0 aromatic heterocycles. The molecule has 0 fully saturated rings. The maximum Gasteiger partial charge on any atom is 0.122 e. The van der Waals surface area contributed by atoms with Crippen LogP contribution in [-0.4, -0.2) is 37.9 Å².